The average molecular weight is 323 g/mol. The van der Waals surface area contributed by atoms with Gasteiger partial charge in [-0.3, -0.25) is 5.32 Å². The number of hydrogen-bond acceptors (Lipinski definition) is 4. The van der Waals surface area contributed by atoms with Crippen molar-refractivity contribution < 1.29 is 13.9 Å². The maximum Gasteiger partial charge on any atom is 0.325 e. The number of carbonyl (C=O) groups is 1. The van der Waals surface area contributed by atoms with Gasteiger partial charge in [0, 0.05) is 23.7 Å². The van der Waals surface area contributed by atoms with Gasteiger partial charge < -0.3 is 10.1 Å². The topological polar surface area (TPSA) is 63.2 Å². The number of nitrogens with zero attached hydrogens (tertiary/aromatic N) is 1. The van der Waals surface area contributed by atoms with Crippen molar-refractivity contribution in [3.63, 3.8) is 0 Å². The van der Waals surface area contributed by atoms with Gasteiger partial charge in [-0.1, -0.05) is 19.9 Å². The van der Waals surface area contributed by atoms with E-state index in [0.717, 1.165) is 4.88 Å². The number of benzene rings is 1. The number of urea groups is 1. The molecule has 0 bridgehead atoms. The van der Waals surface area contributed by atoms with Crippen LogP contribution in [0.25, 0.3) is 0 Å². The Balaban J connectivity index is 2.07. The molecule has 0 aliphatic heterocycles. The molecule has 0 atom stereocenters. The van der Waals surface area contributed by atoms with Crippen LogP contribution >= 0.6 is 11.3 Å². The SMILES string of the molecule is COCc1c(F)cccc1NC(=O)Nc1ncc(C(C)C)s1. The Morgan fingerprint density at radius 2 is 2.18 bits per heavy atom. The molecule has 5 nitrogen and oxygen atoms in total. The molecule has 0 spiro atoms. The van der Waals surface area contributed by atoms with Crippen molar-refractivity contribution in [2.45, 2.75) is 26.4 Å². The number of nitrogens with one attached hydrogen (secondary N) is 2. The maximum absolute atomic E-state index is 13.7. The van der Waals surface area contributed by atoms with Crippen LogP contribution in [0.5, 0.6) is 0 Å². The number of rotatable bonds is 5. The van der Waals surface area contributed by atoms with Crippen molar-refractivity contribution in [3.8, 4) is 0 Å². The predicted molar refractivity (Wildman–Crippen MR) is 86.0 cm³/mol. The Labute approximate surface area is 132 Å². The highest BCUT2D eigenvalue weighted by Gasteiger charge is 2.13. The Kier molecular flexibility index (Phi) is 5.46. The van der Waals surface area contributed by atoms with Crippen LogP contribution in [0.15, 0.2) is 24.4 Å². The van der Waals surface area contributed by atoms with Crippen LogP contribution in [0.3, 0.4) is 0 Å². The van der Waals surface area contributed by atoms with E-state index in [1.165, 1.54) is 30.6 Å². The van der Waals surface area contributed by atoms with Crippen LogP contribution in [-0.2, 0) is 11.3 Å². The molecule has 2 N–H and O–H groups in total. The molecule has 2 amide bonds. The third-order valence-corrected chi connectivity index (χ3v) is 4.18. The van der Waals surface area contributed by atoms with E-state index in [2.05, 4.69) is 29.5 Å². The highest BCUT2D eigenvalue weighted by Crippen LogP contribution is 2.25. The third kappa shape index (κ3) is 4.02. The van der Waals surface area contributed by atoms with Crippen molar-refractivity contribution >= 4 is 28.2 Å². The van der Waals surface area contributed by atoms with Gasteiger partial charge in [-0.15, -0.1) is 11.3 Å². The second-order valence-corrected chi connectivity index (χ2v) is 6.06. The first-order chi connectivity index (χ1) is 10.5. The number of methoxy groups -OCH3 is 1. The highest BCUT2D eigenvalue weighted by molar-refractivity contribution is 7.15. The summed E-state index contributed by atoms with van der Waals surface area (Å²) >= 11 is 1.42. The lowest BCUT2D eigenvalue weighted by Gasteiger charge is -2.11. The summed E-state index contributed by atoms with van der Waals surface area (Å²) < 4.78 is 18.7. The molecule has 0 radical (unpaired) electrons. The molecule has 118 valence electrons. The number of anilines is 2. The summed E-state index contributed by atoms with van der Waals surface area (Å²) in [5, 5.41) is 5.77. The molecule has 1 heterocycles. The van der Waals surface area contributed by atoms with Crippen molar-refractivity contribution in [2.75, 3.05) is 17.7 Å². The minimum atomic E-state index is -0.465. The summed E-state index contributed by atoms with van der Waals surface area (Å²) in [6.07, 6.45) is 1.74. The first-order valence-corrected chi connectivity index (χ1v) is 7.63. The normalized spacial score (nSPS) is 10.8. The molecule has 0 fully saturated rings. The van der Waals surface area contributed by atoms with Crippen molar-refractivity contribution in [1.82, 2.24) is 4.98 Å². The molecule has 2 aromatic rings. The summed E-state index contributed by atoms with van der Waals surface area (Å²) in [6, 6.07) is 4.02. The number of hydrogen-bond donors (Lipinski definition) is 2. The largest absolute Gasteiger partial charge is 0.380 e. The Hall–Kier alpha value is -1.99. The van der Waals surface area contributed by atoms with Crippen molar-refractivity contribution in [3.05, 3.63) is 40.7 Å². The number of thiazole rings is 1. The van der Waals surface area contributed by atoms with E-state index >= 15 is 0 Å². The van der Waals surface area contributed by atoms with Gasteiger partial charge in [0.25, 0.3) is 0 Å². The number of ether oxygens (including phenoxy) is 1. The fraction of sp³-hybridized carbons (Fsp3) is 0.333. The maximum atomic E-state index is 13.7. The molecule has 1 aromatic heterocycles. The fourth-order valence-corrected chi connectivity index (χ4v) is 2.64. The van der Waals surface area contributed by atoms with Gasteiger partial charge in [-0.25, -0.2) is 14.2 Å². The molecule has 22 heavy (non-hydrogen) atoms. The number of halogens is 1. The molecule has 2 rings (SSSR count). The van der Waals surface area contributed by atoms with Crippen LogP contribution in [0.2, 0.25) is 0 Å². The molecule has 0 saturated heterocycles. The van der Waals surface area contributed by atoms with Crippen LogP contribution in [-0.4, -0.2) is 18.1 Å². The first-order valence-electron chi connectivity index (χ1n) is 6.81. The average Bonchev–Trinajstić information content (AvgIpc) is 2.91. The summed E-state index contributed by atoms with van der Waals surface area (Å²) in [5.41, 5.74) is 0.683. The molecule has 0 aliphatic rings. The molecular weight excluding hydrogens is 305 g/mol. The lowest BCUT2D eigenvalue weighted by atomic mass is 10.2. The molecule has 7 heteroatoms. The number of aromatic nitrogens is 1. The molecule has 1 aromatic carbocycles. The third-order valence-electron chi connectivity index (χ3n) is 2.97. The smallest absolute Gasteiger partial charge is 0.325 e. The van der Waals surface area contributed by atoms with Crippen molar-refractivity contribution in [2.24, 2.45) is 0 Å². The van der Waals surface area contributed by atoms with E-state index in [0.29, 0.717) is 22.3 Å². The zero-order chi connectivity index (χ0) is 16.1. The van der Waals surface area contributed by atoms with Gasteiger partial charge in [0.1, 0.15) is 5.82 Å². The second-order valence-electron chi connectivity index (χ2n) is 5.00. The van der Waals surface area contributed by atoms with Gasteiger partial charge >= 0.3 is 6.03 Å². The van der Waals surface area contributed by atoms with Gasteiger partial charge in [0.15, 0.2) is 5.13 Å². The van der Waals surface area contributed by atoms with E-state index in [1.54, 1.807) is 12.3 Å². The summed E-state index contributed by atoms with van der Waals surface area (Å²) in [4.78, 5) is 17.2. The van der Waals surface area contributed by atoms with Crippen LogP contribution in [0.1, 0.15) is 30.2 Å². The second kappa shape index (κ2) is 7.33. The standard InChI is InChI=1S/C15H18FN3O2S/c1-9(2)13-7-17-15(22-13)19-14(20)18-12-6-4-5-11(16)10(12)8-21-3/h4-7,9H,8H2,1-3H3,(H2,17,18,19,20). The van der Waals surface area contributed by atoms with Crippen molar-refractivity contribution in [1.29, 1.82) is 0 Å². The zero-order valence-electron chi connectivity index (χ0n) is 12.6. The Bertz CT molecular complexity index is 658. The fourth-order valence-electron chi connectivity index (χ4n) is 1.83. The van der Waals surface area contributed by atoms with Crippen LogP contribution in [0.4, 0.5) is 20.0 Å². The Morgan fingerprint density at radius 3 is 2.82 bits per heavy atom. The van der Waals surface area contributed by atoms with Crippen LogP contribution < -0.4 is 10.6 Å². The van der Waals surface area contributed by atoms with Gasteiger partial charge in [-0.05, 0) is 18.1 Å². The number of amides is 2. The lowest BCUT2D eigenvalue weighted by Crippen LogP contribution is -2.20. The number of carbonyl (C=O) groups excluding carboxylic acids is 1. The van der Waals surface area contributed by atoms with Gasteiger partial charge in [0.2, 0.25) is 0 Å². The van der Waals surface area contributed by atoms with E-state index in [9.17, 15) is 9.18 Å². The molecular formula is C15H18FN3O2S. The van der Waals surface area contributed by atoms with E-state index < -0.39 is 11.8 Å². The molecule has 0 unspecified atom stereocenters. The van der Waals surface area contributed by atoms with Gasteiger partial charge in [-0.2, -0.15) is 0 Å². The quantitative estimate of drug-likeness (QED) is 0.867. The minimum Gasteiger partial charge on any atom is -0.380 e. The zero-order valence-corrected chi connectivity index (χ0v) is 13.5. The first kappa shape index (κ1) is 16.4. The lowest BCUT2D eigenvalue weighted by molar-refractivity contribution is 0.182. The summed E-state index contributed by atoms with van der Waals surface area (Å²) in [7, 11) is 1.47. The van der Waals surface area contributed by atoms with E-state index in [-0.39, 0.29) is 6.61 Å². The summed E-state index contributed by atoms with van der Waals surface area (Å²) in [6.45, 7) is 4.19. The molecule has 0 saturated carbocycles. The van der Waals surface area contributed by atoms with E-state index in [1.807, 2.05) is 0 Å². The highest BCUT2D eigenvalue weighted by atomic mass is 32.1. The van der Waals surface area contributed by atoms with E-state index in [4.69, 9.17) is 4.74 Å². The van der Waals surface area contributed by atoms with Gasteiger partial charge in [0.05, 0.1) is 12.3 Å². The minimum absolute atomic E-state index is 0.0804. The molecule has 0 aliphatic carbocycles. The Morgan fingerprint density at radius 1 is 1.41 bits per heavy atom. The summed E-state index contributed by atoms with van der Waals surface area (Å²) in [5.74, 6) is -0.0661. The van der Waals surface area contributed by atoms with Crippen LogP contribution in [0, 0.1) is 5.82 Å². The monoisotopic (exact) mass is 323 g/mol. The predicted octanol–water partition coefficient (Wildman–Crippen LogP) is 4.20.